The summed E-state index contributed by atoms with van der Waals surface area (Å²) in [5.41, 5.74) is 0.296. The van der Waals surface area contributed by atoms with Crippen LogP contribution in [0.1, 0.15) is 12.8 Å². The number of anilines is 1. The number of fused-ring (bicyclic) bond motifs is 1. The largest absolute Gasteiger partial charge is 0.463 e. The highest BCUT2D eigenvalue weighted by atomic mass is 16.4. The van der Waals surface area contributed by atoms with Crippen LogP contribution in [0.2, 0.25) is 0 Å². The lowest BCUT2D eigenvalue weighted by molar-refractivity contribution is -0.138. The molecule has 2 aromatic rings. The maximum atomic E-state index is 11.8. The lowest BCUT2D eigenvalue weighted by Gasteiger charge is -2.28. The van der Waals surface area contributed by atoms with Gasteiger partial charge in [-0.05, 0) is 11.5 Å². The number of nitrogens with zero attached hydrogens (tertiary/aromatic N) is 2. The molecule has 0 aliphatic carbocycles. The van der Waals surface area contributed by atoms with Gasteiger partial charge < -0.3 is 5.11 Å². The zero-order valence-electron chi connectivity index (χ0n) is 11.0. The predicted octanol–water partition coefficient (Wildman–Crippen LogP) is 2.39. The molecule has 1 heterocycles. The van der Waals surface area contributed by atoms with E-state index in [1.807, 2.05) is 18.2 Å². The topological polar surface area (TPSA) is 77.9 Å². The Balaban J connectivity index is 2.19. The second kappa shape index (κ2) is 4.90. The summed E-state index contributed by atoms with van der Waals surface area (Å²) < 4.78 is 0. The third-order valence-corrected chi connectivity index (χ3v) is 3.40. The first-order chi connectivity index (χ1) is 10.1. The minimum atomic E-state index is -1.37. The van der Waals surface area contributed by atoms with E-state index in [1.54, 1.807) is 24.3 Å². The normalized spacial score (nSPS) is 14.8. The van der Waals surface area contributed by atoms with Crippen molar-refractivity contribution >= 4 is 34.4 Å². The Kier molecular flexibility index (Phi) is 3.06. The van der Waals surface area contributed by atoms with Crippen LogP contribution in [0.4, 0.5) is 10.5 Å². The van der Waals surface area contributed by atoms with Crippen molar-refractivity contribution in [2.45, 2.75) is 12.8 Å². The molecule has 0 aromatic heterocycles. The van der Waals surface area contributed by atoms with Crippen molar-refractivity contribution in [2.75, 3.05) is 5.01 Å². The van der Waals surface area contributed by atoms with Crippen LogP contribution in [0, 0.1) is 0 Å². The number of benzene rings is 2. The Labute approximate surface area is 120 Å². The molecule has 0 atom stereocenters. The summed E-state index contributed by atoms with van der Waals surface area (Å²) in [6.45, 7) is 0. The molecule has 1 N–H and O–H groups in total. The monoisotopic (exact) mass is 284 g/mol. The summed E-state index contributed by atoms with van der Waals surface area (Å²) in [5.74, 6) is -1.01. The molecule has 0 radical (unpaired) electrons. The average molecular weight is 284 g/mol. The predicted molar refractivity (Wildman–Crippen MR) is 75.5 cm³/mol. The van der Waals surface area contributed by atoms with E-state index in [1.165, 1.54) is 0 Å². The summed E-state index contributed by atoms with van der Waals surface area (Å²) in [7, 11) is 0. The number of carbonyl (C=O) groups is 3. The van der Waals surface area contributed by atoms with Crippen molar-refractivity contribution in [3.63, 3.8) is 0 Å². The number of hydrogen-bond donors (Lipinski definition) is 1. The zero-order chi connectivity index (χ0) is 15.0. The SMILES string of the molecule is O=C1CCC(=O)N1N(C(=O)O)c1cccc2ccccc12. The van der Waals surface area contributed by atoms with Crippen LogP contribution in [0.3, 0.4) is 0 Å². The Morgan fingerprint density at radius 3 is 2.29 bits per heavy atom. The fraction of sp³-hybridized carbons (Fsp3) is 0.133. The number of imide groups is 1. The van der Waals surface area contributed by atoms with E-state index < -0.39 is 17.9 Å². The first kappa shape index (κ1) is 13.1. The summed E-state index contributed by atoms with van der Waals surface area (Å²) in [4.78, 5) is 35.3. The molecular formula is C15H12N2O4. The van der Waals surface area contributed by atoms with Crippen LogP contribution in [0.5, 0.6) is 0 Å². The van der Waals surface area contributed by atoms with Crippen LogP contribution in [0.25, 0.3) is 10.8 Å². The molecule has 0 unspecified atom stereocenters. The van der Waals surface area contributed by atoms with E-state index in [0.29, 0.717) is 16.1 Å². The van der Waals surface area contributed by atoms with Crippen LogP contribution in [-0.2, 0) is 9.59 Å². The molecule has 3 rings (SSSR count). The lowest BCUT2D eigenvalue weighted by atomic mass is 10.1. The van der Waals surface area contributed by atoms with Gasteiger partial charge >= 0.3 is 6.09 Å². The Hall–Kier alpha value is -2.89. The highest BCUT2D eigenvalue weighted by Gasteiger charge is 2.38. The number of carbonyl (C=O) groups excluding carboxylic acids is 2. The highest BCUT2D eigenvalue weighted by Crippen LogP contribution is 2.30. The molecule has 21 heavy (non-hydrogen) atoms. The van der Waals surface area contributed by atoms with Crippen molar-refractivity contribution in [3.05, 3.63) is 42.5 Å². The third-order valence-electron chi connectivity index (χ3n) is 3.40. The molecule has 3 amide bonds. The second-order valence-corrected chi connectivity index (χ2v) is 4.69. The van der Waals surface area contributed by atoms with Crippen LogP contribution >= 0.6 is 0 Å². The number of amides is 3. The van der Waals surface area contributed by atoms with E-state index in [-0.39, 0.29) is 12.8 Å². The number of rotatable bonds is 2. The van der Waals surface area contributed by atoms with Crippen molar-refractivity contribution in [3.8, 4) is 0 Å². The van der Waals surface area contributed by atoms with Gasteiger partial charge in [-0.1, -0.05) is 36.4 Å². The smallest absolute Gasteiger partial charge is 0.431 e. The van der Waals surface area contributed by atoms with Crippen LogP contribution < -0.4 is 5.01 Å². The summed E-state index contributed by atoms with van der Waals surface area (Å²) in [5, 5.41) is 12.4. The quantitative estimate of drug-likeness (QED) is 0.859. The third kappa shape index (κ3) is 2.10. The number of hydrogen-bond acceptors (Lipinski definition) is 3. The van der Waals surface area contributed by atoms with Gasteiger partial charge in [0, 0.05) is 18.2 Å². The second-order valence-electron chi connectivity index (χ2n) is 4.69. The van der Waals surface area contributed by atoms with Gasteiger partial charge in [0.1, 0.15) is 0 Å². The van der Waals surface area contributed by atoms with Gasteiger partial charge in [0.2, 0.25) is 11.8 Å². The molecule has 1 saturated heterocycles. The maximum absolute atomic E-state index is 11.8. The molecule has 0 saturated carbocycles. The number of hydrazine groups is 1. The van der Waals surface area contributed by atoms with Crippen molar-refractivity contribution in [1.82, 2.24) is 5.01 Å². The van der Waals surface area contributed by atoms with Gasteiger partial charge in [-0.25, -0.2) is 4.79 Å². The molecule has 106 valence electrons. The fourth-order valence-electron chi connectivity index (χ4n) is 2.48. The van der Waals surface area contributed by atoms with E-state index in [0.717, 1.165) is 10.4 Å². The van der Waals surface area contributed by atoms with Crippen LogP contribution in [-0.4, -0.2) is 28.0 Å². The van der Waals surface area contributed by atoms with Crippen LogP contribution in [0.15, 0.2) is 42.5 Å². The first-order valence-corrected chi connectivity index (χ1v) is 6.46. The van der Waals surface area contributed by atoms with Gasteiger partial charge in [-0.2, -0.15) is 10.0 Å². The van der Waals surface area contributed by atoms with Crippen molar-refractivity contribution in [2.24, 2.45) is 0 Å². The summed E-state index contributed by atoms with van der Waals surface area (Å²) >= 11 is 0. The highest BCUT2D eigenvalue weighted by molar-refractivity contribution is 6.10. The molecule has 2 aromatic carbocycles. The first-order valence-electron chi connectivity index (χ1n) is 6.46. The summed E-state index contributed by atoms with van der Waals surface area (Å²) in [6.07, 6.45) is -1.30. The lowest BCUT2D eigenvalue weighted by Crippen LogP contribution is -2.49. The molecule has 1 aliphatic heterocycles. The van der Waals surface area contributed by atoms with Gasteiger partial charge in [-0.15, -0.1) is 0 Å². The fourth-order valence-corrected chi connectivity index (χ4v) is 2.48. The van der Waals surface area contributed by atoms with E-state index >= 15 is 0 Å². The van der Waals surface area contributed by atoms with Gasteiger partial charge in [0.15, 0.2) is 0 Å². The van der Waals surface area contributed by atoms with Gasteiger partial charge in [-0.3, -0.25) is 9.59 Å². The molecule has 0 bridgehead atoms. The summed E-state index contributed by atoms with van der Waals surface area (Å²) in [6, 6.07) is 12.3. The Morgan fingerprint density at radius 1 is 1.00 bits per heavy atom. The molecule has 1 aliphatic rings. The van der Waals surface area contributed by atoms with E-state index in [2.05, 4.69) is 0 Å². The van der Waals surface area contributed by atoms with Crippen molar-refractivity contribution in [1.29, 1.82) is 0 Å². The molecule has 6 heteroatoms. The maximum Gasteiger partial charge on any atom is 0.431 e. The molecular weight excluding hydrogens is 272 g/mol. The average Bonchev–Trinajstić information content (AvgIpc) is 2.80. The van der Waals surface area contributed by atoms with Crippen molar-refractivity contribution < 1.29 is 19.5 Å². The number of carboxylic acid groups (broad SMARTS) is 1. The minimum Gasteiger partial charge on any atom is -0.463 e. The standard InChI is InChI=1S/C15H12N2O4/c18-13-8-9-14(19)17(13)16(15(20)21)12-7-3-5-10-4-1-2-6-11(10)12/h1-7H,8-9H2,(H,20,21). The zero-order valence-corrected chi connectivity index (χ0v) is 11.0. The van der Waals surface area contributed by atoms with E-state index in [9.17, 15) is 19.5 Å². The Bertz CT molecular complexity index is 735. The van der Waals surface area contributed by atoms with E-state index in [4.69, 9.17) is 0 Å². The molecule has 1 fully saturated rings. The molecule has 6 nitrogen and oxygen atoms in total. The van der Waals surface area contributed by atoms with Gasteiger partial charge in [0.25, 0.3) is 0 Å². The Morgan fingerprint density at radius 2 is 1.62 bits per heavy atom. The molecule has 0 spiro atoms. The minimum absolute atomic E-state index is 0.0351. The van der Waals surface area contributed by atoms with Gasteiger partial charge in [0.05, 0.1) is 5.69 Å².